The highest BCUT2D eigenvalue weighted by Gasteiger charge is 2.38. The van der Waals surface area contributed by atoms with E-state index in [4.69, 9.17) is 9.90 Å². The molecule has 1 saturated heterocycles. The Bertz CT molecular complexity index is 853. The van der Waals surface area contributed by atoms with Crippen LogP contribution in [0.4, 0.5) is 23.4 Å². The maximum Gasteiger partial charge on any atom is 0.490 e. The quantitative estimate of drug-likeness (QED) is 0.653. The predicted octanol–water partition coefficient (Wildman–Crippen LogP) is 4.22. The third-order valence-corrected chi connectivity index (χ3v) is 4.86. The summed E-state index contributed by atoms with van der Waals surface area (Å²) in [5, 5.41) is 10.6. The first kappa shape index (κ1) is 24.5. The van der Waals surface area contributed by atoms with E-state index in [0.717, 1.165) is 35.9 Å². The molecule has 31 heavy (non-hydrogen) atoms. The van der Waals surface area contributed by atoms with Crippen LogP contribution in [0.3, 0.4) is 0 Å². The van der Waals surface area contributed by atoms with Gasteiger partial charge in [-0.3, -0.25) is 4.98 Å². The van der Waals surface area contributed by atoms with Crippen molar-refractivity contribution in [2.45, 2.75) is 38.8 Å². The highest BCUT2D eigenvalue weighted by molar-refractivity contribution is 5.73. The molecule has 1 aromatic carbocycles. The van der Waals surface area contributed by atoms with Gasteiger partial charge in [-0.05, 0) is 50.6 Å². The molecule has 3 rings (SSSR count). The smallest absolute Gasteiger partial charge is 0.475 e. The van der Waals surface area contributed by atoms with Crippen LogP contribution in [0.15, 0.2) is 30.5 Å². The largest absolute Gasteiger partial charge is 0.490 e. The molecule has 0 radical (unpaired) electrons. The van der Waals surface area contributed by atoms with Gasteiger partial charge in [-0.25, -0.2) is 14.2 Å². The summed E-state index contributed by atoms with van der Waals surface area (Å²) in [6.07, 6.45) is -0.685. The number of halogens is 4. The number of carbonyl (C=O) groups is 1. The first-order valence-electron chi connectivity index (χ1n) is 9.93. The molecule has 1 atom stereocenters. The number of likely N-dealkylation sites (tertiary alicyclic amines) is 1. The van der Waals surface area contributed by atoms with Gasteiger partial charge in [0.15, 0.2) is 0 Å². The molecule has 0 amide bonds. The van der Waals surface area contributed by atoms with Crippen molar-refractivity contribution in [1.82, 2.24) is 14.9 Å². The van der Waals surface area contributed by atoms with E-state index in [0.29, 0.717) is 0 Å². The van der Waals surface area contributed by atoms with E-state index in [-0.39, 0.29) is 11.7 Å². The average molecular weight is 442 g/mol. The Morgan fingerprint density at radius 2 is 1.81 bits per heavy atom. The number of hydrogen-bond acceptors (Lipinski definition) is 5. The molecule has 0 saturated carbocycles. The Hall–Kier alpha value is -2.75. The van der Waals surface area contributed by atoms with E-state index in [1.54, 1.807) is 6.20 Å². The maximum absolute atomic E-state index is 13.2. The molecular formula is C21H26F4N4O2. The molecule has 6 nitrogen and oxygen atoms in total. The second-order valence-corrected chi connectivity index (χ2v) is 7.30. The van der Waals surface area contributed by atoms with Crippen molar-refractivity contribution in [2.24, 2.45) is 0 Å². The second kappa shape index (κ2) is 11.0. The third-order valence-electron chi connectivity index (χ3n) is 4.86. The number of rotatable bonds is 6. The number of alkyl halides is 3. The van der Waals surface area contributed by atoms with E-state index in [9.17, 15) is 17.6 Å². The van der Waals surface area contributed by atoms with Crippen molar-refractivity contribution in [2.75, 3.05) is 31.5 Å². The molecule has 2 N–H and O–H groups in total. The number of hydrogen-bond donors (Lipinski definition) is 2. The Balaban J connectivity index is 0.000000423. The number of anilines is 1. The molecule has 1 aliphatic rings. The van der Waals surface area contributed by atoms with Crippen LogP contribution in [-0.2, 0) is 4.79 Å². The number of nitrogens with zero attached hydrogens (tertiary/aromatic N) is 3. The van der Waals surface area contributed by atoms with Gasteiger partial charge in [0.1, 0.15) is 11.6 Å². The average Bonchev–Trinajstić information content (AvgIpc) is 3.21. The lowest BCUT2D eigenvalue weighted by molar-refractivity contribution is -0.192. The van der Waals surface area contributed by atoms with E-state index in [2.05, 4.69) is 27.1 Å². The summed E-state index contributed by atoms with van der Waals surface area (Å²) in [6, 6.07) is 6.62. The van der Waals surface area contributed by atoms with Gasteiger partial charge in [0.2, 0.25) is 0 Å². The van der Waals surface area contributed by atoms with Gasteiger partial charge in [0, 0.05) is 25.2 Å². The van der Waals surface area contributed by atoms with Crippen LogP contribution in [0.5, 0.6) is 0 Å². The SMILES string of the molecule is Cc1cnc(C(C)c2ccc(F)cc2)c(NCCN2CCCC2)n1.O=C(O)C(F)(F)F. The van der Waals surface area contributed by atoms with Gasteiger partial charge in [-0.1, -0.05) is 19.1 Å². The highest BCUT2D eigenvalue weighted by atomic mass is 19.4. The molecule has 1 unspecified atom stereocenters. The summed E-state index contributed by atoms with van der Waals surface area (Å²) < 4.78 is 44.9. The van der Waals surface area contributed by atoms with E-state index >= 15 is 0 Å². The van der Waals surface area contributed by atoms with Gasteiger partial charge in [0.25, 0.3) is 0 Å². The number of aliphatic carboxylic acids is 1. The van der Waals surface area contributed by atoms with Gasteiger partial charge in [-0.2, -0.15) is 13.2 Å². The summed E-state index contributed by atoms with van der Waals surface area (Å²) in [6.45, 7) is 8.31. The van der Waals surface area contributed by atoms with Gasteiger partial charge in [0.05, 0.1) is 11.4 Å². The monoisotopic (exact) mass is 442 g/mol. The zero-order valence-electron chi connectivity index (χ0n) is 17.4. The summed E-state index contributed by atoms with van der Waals surface area (Å²) in [4.78, 5) is 20.6. The van der Waals surface area contributed by atoms with Gasteiger partial charge in [-0.15, -0.1) is 0 Å². The minimum Gasteiger partial charge on any atom is -0.475 e. The van der Waals surface area contributed by atoms with Crippen LogP contribution >= 0.6 is 0 Å². The van der Waals surface area contributed by atoms with Crippen molar-refractivity contribution >= 4 is 11.8 Å². The first-order chi connectivity index (χ1) is 14.6. The van der Waals surface area contributed by atoms with E-state index in [1.165, 1.54) is 38.1 Å². The number of carboxylic acid groups (broad SMARTS) is 1. The molecule has 1 fully saturated rings. The normalized spacial score (nSPS) is 15.2. The second-order valence-electron chi connectivity index (χ2n) is 7.30. The molecular weight excluding hydrogens is 416 g/mol. The lowest BCUT2D eigenvalue weighted by atomic mass is 9.97. The Kier molecular flexibility index (Phi) is 8.73. The molecule has 170 valence electrons. The van der Waals surface area contributed by atoms with Crippen LogP contribution < -0.4 is 5.32 Å². The van der Waals surface area contributed by atoms with Gasteiger partial charge < -0.3 is 15.3 Å². The number of nitrogens with one attached hydrogen (secondary N) is 1. The summed E-state index contributed by atoms with van der Waals surface area (Å²) >= 11 is 0. The van der Waals surface area contributed by atoms with Gasteiger partial charge >= 0.3 is 12.1 Å². The summed E-state index contributed by atoms with van der Waals surface area (Å²) in [5.41, 5.74) is 2.85. The molecule has 2 aromatic rings. The number of aryl methyl sites for hydroxylation is 1. The number of benzene rings is 1. The summed E-state index contributed by atoms with van der Waals surface area (Å²) in [7, 11) is 0. The highest BCUT2D eigenvalue weighted by Crippen LogP contribution is 2.27. The predicted molar refractivity (Wildman–Crippen MR) is 109 cm³/mol. The Labute approximate surface area is 178 Å². The van der Waals surface area contributed by atoms with Crippen molar-refractivity contribution in [1.29, 1.82) is 0 Å². The fraction of sp³-hybridized carbons (Fsp3) is 0.476. The van der Waals surface area contributed by atoms with Crippen LogP contribution in [0, 0.1) is 12.7 Å². The molecule has 2 heterocycles. The van der Waals surface area contributed by atoms with E-state index < -0.39 is 12.1 Å². The molecule has 0 spiro atoms. The molecule has 1 aromatic heterocycles. The molecule has 10 heteroatoms. The molecule has 0 aliphatic carbocycles. The Morgan fingerprint density at radius 3 is 2.35 bits per heavy atom. The van der Waals surface area contributed by atoms with Crippen molar-refractivity contribution in [3.05, 3.63) is 53.2 Å². The molecule has 0 bridgehead atoms. The maximum atomic E-state index is 13.2. The van der Waals surface area contributed by atoms with Crippen LogP contribution in [0.1, 0.15) is 42.6 Å². The van der Waals surface area contributed by atoms with Crippen LogP contribution in [-0.4, -0.2) is 58.3 Å². The zero-order valence-corrected chi connectivity index (χ0v) is 17.4. The summed E-state index contributed by atoms with van der Waals surface area (Å²) in [5.74, 6) is -2.07. The lowest BCUT2D eigenvalue weighted by Gasteiger charge is -2.19. The Morgan fingerprint density at radius 1 is 1.23 bits per heavy atom. The minimum atomic E-state index is -5.08. The van der Waals surface area contributed by atoms with Crippen molar-refractivity contribution in [3.63, 3.8) is 0 Å². The minimum absolute atomic E-state index is 0.0630. The number of aromatic nitrogens is 2. The van der Waals surface area contributed by atoms with Crippen molar-refractivity contribution < 1.29 is 27.5 Å². The fourth-order valence-electron chi connectivity index (χ4n) is 3.18. The lowest BCUT2D eigenvalue weighted by Crippen LogP contribution is -2.26. The standard InChI is InChI=1S/C19H25FN4.C2HF3O2/c1-14-13-22-18(15(2)16-5-7-17(20)8-6-16)19(23-14)21-9-12-24-10-3-4-11-24;3-2(4,5)1(6)7/h5-8,13,15H,3-4,9-12H2,1-2H3,(H,21,23);(H,6,7). The van der Waals surface area contributed by atoms with Crippen molar-refractivity contribution in [3.8, 4) is 0 Å². The first-order valence-corrected chi connectivity index (χ1v) is 9.93. The van der Waals surface area contributed by atoms with Crippen LogP contribution in [0.25, 0.3) is 0 Å². The van der Waals surface area contributed by atoms with E-state index in [1.807, 2.05) is 19.1 Å². The number of carboxylic acids is 1. The molecule has 1 aliphatic heterocycles. The third kappa shape index (κ3) is 7.78. The zero-order chi connectivity index (χ0) is 23.0. The fourth-order valence-corrected chi connectivity index (χ4v) is 3.18. The van der Waals surface area contributed by atoms with Crippen LogP contribution in [0.2, 0.25) is 0 Å². The topological polar surface area (TPSA) is 78.4 Å².